The Morgan fingerprint density at radius 1 is 1.60 bits per heavy atom. The van der Waals surface area contributed by atoms with E-state index in [9.17, 15) is 4.39 Å². The zero-order valence-electron chi connectivity index (χ0n) is 8.40. The molecular weight excluding hydrogens is 197 g/mol. The summed E-state index contributed by atoms with van der Waals surface area (Å²) in [7, 11) is 0. The van der Waals surface area contributed by atoms with E-state index >= 15 is 0 Å². The number of aryl methyl sites for hydroxylation is 1. The topological polar surface area (TPSA) is 41.8 Å². The summed E-state index contributed by atoms with van der Waals surface area (Å²) < 4.78 is 13.3. The average molecular weight is 209 g/mol. The van der Waals surface area contributed by atoms with Crippen LogP contribution in [0.25, 0.3) is 0 Å². The monoisotopic (exact) mass is 209 g/mol. The van der Waals surface area contributed by atoms with Crippen molar-refractivity contribution in [1.82, 2.24) is 0 Å². The van der Waals surface area contributed by atoms with Crippen molar-refractivity contribution in [3.8, 4) is 0 Å². The SMILES string of the molecule is Cc1ccc(C2=NOC(CO)C2)cc1F. The van der Waals surface area contributed by atoms with E-state index in [1.165, 1.54) is 6.07 Å². The van der Waals surface area contributed by atoms with Crippen molar-refractivity contribution in [3.63, 3.8) is 0 Å². The van der Waals surface area contributed by atoms with E-state index in [1.54, 1.807) is 19.1 Å². The van der Waals surface area contributed by atoms with Crippen molar-refractivity contribution in [1.29, 1.82) is 0 Å². The molecule has 0 saturated carbocycles. The van der Waals surface area contributed by atoms with Gasteiger partial charge in [-0.2, -0.15) is 0 Å². The zero-order chi connectivity index (χ0) is 10.8. The van der Waals surface area contributed by atoms with E-state index in [0.717, 1.165) is 0 Å². The van der Waals surface area contributed by atoms with Gasteiger partial charge in [0.05, 0.1) is 12.3 Å². The minimum atomic E-state index is -0.288. The van der Waals surface area contributed by atoms with Crippen molar-refractivity contribution in [2.45, 2.75) is 19.4 Å². The van der Waals surface area contributed by atoms with Gasteiger partial charge in [0.1, 0.15) is 5.82 Å². The molecule has 15 heavy (non-hydrogen) atoms. The molecule has 1 unspecified atom stereocenters. The van der Waals surface area contributed by atoms with Gasteiger partial charge in [-0.05, 0) is 18.6 Å². The number of nitrogens with zero attached hydrogens (tertiary/aromatic N) is 1. The van der Waals surface area contributed by atoms with E-state index in [-0.39, 0.29) is 18.5 Å². The number of hydrogen-bond donors (Lipinski definition) is 1. The lowest BCUT2D eigenvalue weighted by Gasteiger charge is -2.02. The normalized spacial score (nSPS) is 19.9. The fraction of sp³-hybridized carbons (Fsp3) is 0.364. The van der Waals surface area contributed by atoms with Crippen LogP contribution in [0.1, 0.15) is 17.5 Å². The molecule has 4 heteroatoms. The molecule has 1 aliphatic heterocycles. The van der Waals surface area contributed by atoms with Crippen molar-refractivity contribution >= 4 is 5.71 Å². The first-order valence-corrected chi connectivity index (χ1v) is 4.81. The molecule has 1 heterocycles. The summed E-state index contributed by atoms with van der Waals surface area (Å²) in [6.07, 6.45) is 0.239. The van der Waals surface area contributed by atoms with Gasteiger partial charge in [0, 0.05) is 12.0 Å². The molecule has 3 nitrogen and oxygen atoms in total. The van der Waals surface area contributed by atoms with Gasteiger partial charge in [0.25, 0.3) is 0 Å². The van der Waals surface area contributed by atoms with Crippen LogP contribution in [0.15, 0.2) is 23.4 Å². The van der Waals surface area contributed by atoms with E-state index < -0.39 is 0 Å². The highest BCUT2D eigenvalue weighted by Crippen LogP contribution is 2.18. The van der Waals surface area contributed by atoms with Crippen molar-refractivity contribution in [2.24, 2.45) is 5.16 Å². The Hall–Kier alpha value is -1.42. The third-order valence-electron chi connectivity index (χ3n) is 2.44. The van der Waals surface area contributed by atoms with Gasteiger partial charge in [0.2, 0.25) is 0 Å². The van der Waals surface area contributed by atoms with Crippen LogP contribution in [0.5, 0.6) is 0 Å². The molecule has 0 bridgehead atoms. The van der Waals surface area contributed by atoms with Crippen LogP contribution >= 0.6 is 0 Å². The third-order valence-corrected chi connectivity index (χ3v) is 2.44. The van der Waals surface area contributed by atoms with Crippen LogP contribution < -0.4 is 0 Å². The summed E-state index contributed by atoms with van der Waals surface area (Å²) in [5, 5.41) is 12.7. The molecule has 1 N–H and O–H groups in total. The maximum atomic E-state index is 13.3. The Balaban J connectivity index is 2.21. The summed E-state index contributed by atoms with van der Waals surface area (Å²) in [5.74, 6) is -0.248. The molecule has 0 spiro atoms. The molecule has 80 valence electrons. The number of aliphatic hydroxyl groups is 1. The summed E-state index contributed by atoms with van der Waals surface area (Å²) >= 11 is 0. The first-order valence-electron chi connectivity index (χ1n) is 4.81. The highest BCUT2D eigenvalue weighted by Gasteiger charge is 2.21. The van der Waals surface area contributed by atoms with Gasteiger partial charge in [-0.15, -0.1) is 0 Å². The Morgan fingerprint density at radius 3 is 3.00 bits per heavy atom. The largest absolute Gasteiger partial charge is 0.392 e. The summed E-state index contributed by atoms with van der Waals surface area (Å²) in [6.45, 7) is 1.64. The second-order valence-electron chi connectivity index (χ2n) is 3.62. The molecule has 1 atom stereocenters. The lowest BCUT2D eigenvalue weighted by Crippen LogP contribution is -2.12. The molecule has 0 saturated heterocycles. The third kappa shape index (κ3) is 1.99. The second kappa shape index (κ2) is 3.98. The van der Waals surface area contributed by atoms with Crippen LogP contribution in [-0.2, 0) is 4.84 Å². The van der Waals surface area contributed by atoms with E-state index in [4.69, 9.17) is 9.94 Å². The van der Waals surface area contributed by atoms with E-state index in [2.05, 4.69) is 5.16 Å². The van der Waals surface area contributed by atoms with Crippen LogP contribution in [-0.4, -0.2) is 23.5 Å². The second-order valence-corrected chi connectivity index (χ2v) is 3.62. The van der Waals surface area contributed by atoms with Gasteiger partial charge in [0.15, 0.2) is 6.10 Å². The Kier molecular flexibility index (Phi) is 2.68. The minimum Gasteiger partial charge on any atom is -0.392 e. The van der Waals surface area contributed by atoms with Crippen LogP contribution in [0, 0.1) is 12.7 Å². The predicted octanol–water partition coefficient (Wildman–Crippen LogP) is 1.62. The molecular formula is C11H12FNO2. The van der Waals surface area contributed by atoms with Gasteiger partial charge in [-0.1, -0.05) is 17.3 Å². The Morgan fingerprint density at radius 2 is 2.40 bits per heavy atom. The lowest BCUT2D eigenvalue weighted by molar-refractivity contribution is 0.0390. The standard InChI is InChI=1S/C11H12FNO2/c1-7-2-3-8(4-10(7)12)11-5-9(6-14)15-13-11/h2-4,9,14H,5-6H2,1H3. The van der Waals surface area contributed by atoms with Crippen molar-refractivity contribution in [2.75, 3.05) is 6.61 Å². The van der Waals surface area contributed by atoms with Gasteiger partial charge < -0.3 is 9.94 Å². The molecule has 0 aromatic heterocycles. The number of aliphatic hydroxyl groups excluding tert-OH is 1. The molecule has 2 rings (SSSR count). The van der Waals surface area contributed by atoms with Gasteiger partial charge >= 0.3 is 0 Å². The zero-order valence-corrected chi connectivity index (χ0v) is 8.40. The maximum Gasteiger partial charge on any atom is 0.156 e. The first kappa shape index (κ1) is 10.1. The summed E-state index contributed by atoms with van der Waals surface area (Å²) in [6, 6.07) is 4.96. The molecule has 0 fully saturated rings. The van der Waals surface area contributed by atoms with Crippen molar-refractivity contribution in [3.05, 3.63) is 35.1 Å². The fourth-order valence-corrected chi connectivity index (χ4v) is 1.47. The fourth-order valence-electron chi connectivity index (χ4n) is 1.47. The molecule has 1 aliphatic rings. The first-order chi connectivity index (χ1) is 7.20. The molecule has 1 aromatic carbocycles. The van der Waals surface area contributed by atoms with E-state index in [0.29, 0.717) is 23.3 Å². The van der Waals surface area contributed by atoms with Crippen LogP contribution in [0.2, 0.25) is 0 Å². The number of oxime groups is 1. The smallest absolute Gasteiger partial charge is 0.156 e. The van der Waals surface area contributed by atoms with Crippen molar-refractivity contribution < 1.29 is 14.3 Å². The highest BCUT2D eigenvalue weighted by atomic mass is 19.1. The summed E-state index contributed by atoms with van der Waals surface area (Å²) in [5.41, 5.74) is 2.01. The molecule has 1 aromatic rings. The maximum absolute atomic E-state index is 13.3. The molecule has 0 radical (unpaired) electrons. The van der Waals surface area contributed by atoms with Crippen LogP contribution in [0.4, 0.5) is 4.39 Å². The predicted molar refractivity (Wildman–Crippen MR) is 54.2 cm³/mol. The number of benzene rings is 1. The quantitative estimate of drug-likeness (QED) is 0.804. The molecule has 0 aliphatic carbocycles. The minimum absolute atomic E-state index is 0.0681. The van der Waals surface area contributed by atoms with E-state index in [1.807, 2.05) is 0 Å². The molecule has 0 amide bonds. The number of halogens is 1. The summed E-state index contributed by atoms with van der Waals surface area (Å²) in [4.78, 5) is 4.95. The number of hydrogen-bond acceptors (Lipinski definition) is 3. The van der Waals surface area contributed by atoms with Gasteiger partial charge in [-0.3, -0.25) is 0 Å². The lowest BCUT2D eigenvalue weighted by atomic mass is 10.0. The van der Waals surface area contributed by atoms with Gasteiger partial charge in [-0.25, -0.2) is 4.39 Å². The number of rotatable bonds is 2. The Bertz CT molecular complexity index is 404. The average Bonchev–Trinajstić information content (AvgIpc) is 2.70. The highest BCUT2D eigenvalue weighted by molar-refractivity contribution is 6.01. The Labute approximate surface area is 87.2 Å². The van der Waals surface area contributed by atoms with Crippen LogP contribution in [0.3, 0.4) is 0 Å².